The van der Waals surface area contributed by atoms with Gasteiger partial charge >= 0.3 is 0 Å². The Labute approximate surface area is 137 Å². The highest BCUT2D eigenvalue weighted by molar-refractivity contribution is 9.09. The summed E-state index contributed by atoms with van der Waals surface area (Å²) in [6, 6.07) is 3.33. The summed E-state index contributed by atoms with van der Waals surface area (Å²) in [5.74, 6) is 0.617. The van der Waals surface area contributed by atoms with Gasteiger partial charge in [-0.15, -0.1) is 0 Å². The van der Waals surface area contributed by atoms with Crippen molar-refractivity contribution in [3.63, 3.8) is 0 Å². The maximum Gasteiger partial charge on any atom is 0.139 e. The standard InChI is InChI=1S/C14H16BrCl3O/c1-3-14(4-2)12(15)7-13(14)19-11-6-9(17)8(16)5-10(11)18/h5-6,12-13H,3-4,7H2,1-2H3. The van der Waals surface area contributed by atoms with Gasteiger partial charge in [0.05, 0.1) is 15.1 Å². The van der Waals surface area contributed by atoms with E-state index in [0.717, 1.165) is 19.3 Å². The minimum atomic E-state index is 0.168. The molecule has 19 heavy (non-hydrogen) atoms. The Morgan fingerprint density at radius 2 is 1.74 bits per heavy atom. The van der Waals surface area contributed by atoms with E-state index in [2.05, 4.69) is 29.8 Å². The summed E-state index contributed by atoms with van der Waals surface area (Å²) in [5, 5.41) is 1.42. The molecule has 1 nitrogen and oxygen atoms in total. The van der Waals surface area contributed by atoms with Gasteiger partial charge in [-0.2, -0.15) is 0 Å². The summed E-state index contributed by atoms with van der Waals surface area (Å²) >= 11 is 21.8. The van der Waals surface area contributed by atoms with Crippen molar-refractivity contribution in [2.75, 3.05) is 0 Å². The Kier molecular flexibility index (Phi) is 4.98. The van der Waals surface area contributed by atoms with Gasteiger partial charge in [-0.1, -0.05) is 64.6 Å². The van der Waals surface area contributed by atoms with Gasteiger partial charge in [0.15, 0.2) is 0 Å². The fraction of sp³-hybridized carbons (Fsp3) is 0.571. The summed E-state index contributed by atoms with van der Waals surface area (Å²) in [4.78, 5) is 0.501. The van der Waals surface area contributed by atoms with Gasteiger partial charge in [0, 0.05) is 16.3 Å². The van der Waals surface area contributed by atoms with Gasteiger partial charge in [-0.05, 0) is 25.3 Å². The fourth-order valence-electron chi connectivity index (χ4n) is 2.76. The predicted octanol–water partition coefficient (Wildman–Crippen LogP) is 6.37. The maximum atomic E-state index is 6.16. The number of alkyl halides is 1. The van der Waals surface area contributed by atoms with Crippen molar-refractivity contribution in [2.24, 2.45) is 5.41 Å². The molecule has 2 rings (SSSR count). The van der Waals surface area contributed by atoms with Crippen LogP contribution in [0.2, 0.25) is 15.1 Å². The second kappa shape index (κ2) is 6.01. The lowest BCUT2D eigenvalue weighted by atomic mass is 9.62. The Balaban J connectivity index is 2.21. The molecule has 0 amide bonds. The van der Waals surface area contributed by atoms with E-state index in [4.69, 9.17) is 39.5 Å². The van der Waals surface area contributed by atoms with Crippen LogP contribution in [0.5, 0.6) is 5.75 Å². The summed E-state index contributed by atoms with van der Waals surface area (Å²) in [7, 11) is 0. The molecule has 1 saturated carbocycles. The molecule has 0 radical (unpaired) electrons. The van der Waals surface area contributed by atoms with Crippen LogP contribution in [0.1, 0.15) is 33.1 Å². The van der Waals surface area contributed by atoms with Gasteiger partial charge in [0.2, 0.25) is 0 Å². The van der Waals surface area contributed by atoms with E-state index < -0.39 is 0 Å². The topological polar surface area (TPSA) is 9.23 Å². The number of ether oxygens (including phenoxy) is 1. The lowest BCUT2D eigenvalue weighted by Gasteiger charge is -2.52. The largest absolute Gasteiger partial charge is 0.488 e. The zero-order valence-corrected chi connectivity index (χ0v) is 14.7. The van der Waals surface area contributed by atoms with Gasteiger partial charge in [0.25, 0.3) is 0 Å². The first-order valence-electron chi connectivity index (χ1n) is 6.39. The summed E-state index contributed by atoms with van der Waals surface area (Å²) < 4.78 is 6.08. The highest BCUT2D eigenvalue weighted by atomic mass is 79.9. The van der Waals surface area contributed by atoms with Crippen molar-refractivity contribution >= 4 is 50.7 Å². The lowest BCUT2D eigenvalue weighted by molar-refractivity contribution is -0.0410. The molecule has 1 aromatic rings. The Bertz CT molecular complexity index is 474. The van der Waals surface area contributed by atoms with Crippen molar-refractivity contribution in [1.82, 2.24) is 0 Å². The van der Waals surface area contributed by atoms with E-state index in [-0.39, 0.29) is 11.5 Å². The third-order valence-corrected chi connectivity index (χ3v) is 6.55. The molecule has 2 atom stereocenters. The SMILES string of the molecule is CCC1(CC)C(Br)CC1Oc1cc(Cl)c(Cl)cc1Cl. The fourth-order valence-corrected chi connectivity index (χ4v) is 4.62. The number of benzene rings is 1. The molecule has 1 aliphatic rings. The molecule has 1 aliphatic carbocycles. The molecular weight excluding hydrogens is 370 g/mol. The second-order valence-corrected chi connectivity index (χ2v) is 7.27. The molecule has 0 N–H and O–H groups in total. The second-order valence-electron chi connectivity index (χ2n) is 4.95. The Morgan fingerprint density at radius 3 is 2.26 bits per heavy atom. The first-order valence-corrected chi connectivity index (χ1v) is 8.44. The third-order valence-electron chi connectivity index (χ3n) is 4.25. The average Bonchev–Trinajstić information content (AvgIpc) is 2.36. The summed E-state index contributed by atoms with van der Waals surface area (Å²) in [6.45, 7) is 4.40. The number of halogens is 4. The van der Waals surface area contributed by atoms with Crippen LogP contribution in [0, 0.1) is 5.41 Å². The van der Waals surface area contributed by atoms with Crippen LogP contribution in [0.15, 0.2) is 12.1 Å². The number of hydrogen-bond acceptors (Lipinski definition) is 1. The molecule has 0 bridgehead atoms. The molecule has 2 unspecified atom stereocenters. The van der Waals surface area contributed by atoms with Gasteiger partial charge in [-0.25, -0.2) is 0 Å². The normalized spacial score (nSPS) is 24.9. The Morgan fingerprint density at radius 1 is 1.16 bits per heavy atom. The van der Waals surface area contributed by atoms with Crippen molar-refractivity contribution in [2.45, 2.75) is 44.0 Å². The predicted molar refractivity (Wildman–Crippen MR) is 86.2 cm³/mol. The van der Waals surface area contributed by atoms with Gasteiger partial charge in [-0.3, -0.25) is 0 Å². The van der Waals surface area contributed by atoms with Crippen molar-refractivity contribution in [3.05, 3.63) is 27.2 Å². The van der Waals surface area contributed by atoms with Crippen LogP contribution >= 0.6 is 50.7 Å². The highest BCUT2D eigenvalue weighted by Crippen LogP contribution is 2.53. The van der Waals surface area contributed by atoms with Crippen LogP contribution in [-0.2, 0) is 0 Å². The smallest absolute Gasteiger partial charge is 0.139 e. The van der Waals surface area contributed by atoms with Crippen LogP contribution < -0.4 is 4.74 Å². The molecule has 0 spiro atoms. The Hall–Kier alpha value is 0.370. The van der Waals surface area contributed by atoms with E-state index in [0.29, 0.717) is 25.6 Å². The molecule has 0 aromatic heterocycles. The van der Waals surface area contributed by atoms with E-state index >= 15 is 0 Å². The van der Waals surface area contributed by atoms with Crippen LogP contribution in [-0.4, -0.2) is 10.9 Å². The average molecular weight is 387 g/mol. The lowest BCUT2D eigenvalue weighted by Crippen LogP contribution is -2.56. The van der Waals surface area contributed by atoms with Gasteiger partial charge < -0.3 is 4.74 Å². The molecule has 1 fully saturated rings. The van der Waals surface area contributed by atoms with Crippen LogP contribution in [0.25, 0.3) is 0 Å². The number of hydrogen-bond donors (Lipinski definition) is 0. The van der Waals surface area contributed by atoms with E-state index in [1.807, 2.05) is 0 Å². The van der Waals surface area contributed by atoms with Gasteiger partial charge in [0.1, 0.15) is 11.9 Å². The van der Waals surface area contributed by atoms with Crippen LogP contribution in [0.4, 0.5) is 0 Å². The molecule has 106 valence electrons. The zero-order valence-electron chi connectivity index (χ0n) is 10.9. The molecule has 0 heterocycles. The first-order chi connectivity index (χ1) is 8.94. The molecule has 5 heteroatoms. The van der Waals surface area contributed by atoms with E-state index in [9.17, 15) is 0 Å². The van der Waals surface area contributed by atoms with Crippen molar-refractivity contribution in [1.29, 1.82) is 0 Å². The van der Waals surface area contributed by atoms with Crippen molar-refractivity contribution in [3.8, 4) is 5.75 Å². The minimum absolute atomic E-state index is 0.168. The quantitative estimate of drug-likeness (QED) is 0.432. The maximum absolute atomic E-state index is 6.16. The molecule has 1 aromatic carbocycles. The molecular formula is C14H16BrCl3O. The minimum Gasteiger partial charge on any atom is -0.488 e. The van der Waals surface area contributed by atoms with E-state index in [1.165, 1.54) is 0 Å². The third kappa shape index (κ3) is 2.74. The summed E-state index contributed by atoms with van der Waals surface area (Å²) in [6.07, 6.45) is 3.30. The van der Waals surface area contributed by atoms with Crippen LogP contribution in [0.3, 0.4) is 0 Å². The van der Waals surface area contributed by atoms with Crippen molar-refractivity contribution < 1.29 is 4.74 Å². The summed E-state index contributed by atoms with van der Waals surface area (Å²) in [5.41, 5.74) is 0.176. The first kappa shape index (κ1) is 15.8. The van der Waals surface area contributed by atoms with E-state index in [1.54, 1.807) is 12.1 Å². The molecule has 0 aliphatic heterocycles. The number of rotatable bonds is 4. The molecule has 0 saturated heterocycles. The highest BCUT2D eigenvalue weighted by Gasteiger charge is 2.53. The zero-order chi connectivity index (χ0) is 14.2. The monoisotopic (exact) mass is 384 g/mol.